The van der Waals surface area contributed by atoms with E-state index in [9.17, 15) is 5.11 Å². The Morgan fingerprint density at radius 2 is 1.90 bits per heavy atom. The normalized spacial score (nSPS) is 23.9. The van der Waals surface area contributed by atoms with Gasteiger partial charge in [-0.25, -0.2) is 0 Å². The average Bonchev–Trinajstić information content (AvgIpc) is 2.40. The lowest BCUT2D eigenvalue weighted by Crippen LogP contribution is -3.17. The van der Waals surface area contributed by atoms with Gasteiger partial charge in [0.15, 0.2) is 0 Å². The molecule has 0 spiro atoms. The van der Waals surface area contributed by atoms with E-state index >= 15 is 0 Å². The predicted octanol–water partition coefficient (Wildman–Crippen LogP) is 1.81. The molecule has 0 aliphatic carbocycles. The van der Waals surface area contributed by atoms with Crippen molar-refractivity contribution in [3.63, 3.8) is 0 Å². The SMILES string of the molecule is Cc1cc(C)c(OCC(O)C[NH+]2CCCCC2C)c(C)c1. The van der Waals surface area contributed by atoms with Gasteiger partial charge >= 0.3 is 0 Å². The van der Waals surface area contributed by atoms with Crippen LogP contribution in [0.2, 0.25) is 0 Å². The topological polar surface area (TPSA) is 33.9 Å². The Bertz CT molecular complexity index is 449. The van der Waals surface area contributed by atoms with Crippen LogP contribution in [0.1, 0.15) is 42.9 Å². The molecule has 1 aromatic carbocycles. The molecule has 1 fully saturated rings. The number of hydrogen-bond donors (Lipinski definition) is 2. The minimum Gasteiger partial charge on any atom is -0.490 e. The van der Waals surface area contributed by atoms with Crippen molar-refractivity contribution in [2.45, 2.75) is 59.1 Å². The van der Waals surface area contributed by atoms with Crippen molar-refractivity contribution in [2.24, 2.45) is 0 Å². The molecular formula is C18H30NO2+. The molecule has 1 heterocycles. The minimum absolute atomic E-state index is 0.388. The zero-order valence-corrected chi connectivity index (χ0v) is 13.9. The summed E-state index contributed by atoms with van der Waals surface area (Å²) in [5, 5.41) is 10.3. The fourth-order valence-electron chi connectivity index (χ4n) is 3.49. The highest BCUT2D eigenvalue weighted by Crippen LogP contribution is 2.24. The van der Waals surface area contributed by atoms with E-state index in [4.69, 9.17) is 4.74 Å². The Kier molecular flexibility index (Phi) is 5.65. The molecule has 2 N–H and O–H groups in total. The van der Waals surface area contributed by atoms with E-state index in [-0.39, 0.29) is 6.10 Å². The van der Waals surface area contributed by atoms with Crippen LogP contribution >= 0.6 is 0 Å². The predicted molar refractivity (Wildman–Crippen MR) is 86.2 cm³/mol. The Labute approximate surface area is 128 Å². The van der Waals surface area contributed by atoms with Gasteiger partial charge in [-0.1, -0.05) is 17.7 Å². The molecule has 21 heavy (non-hydrogen) atoms. The standard InChI is InChI=1S/C18H29NO2/c1-13-9-14(2)18(15(3)10-13)21-12-17(20)11-19-8-6-5-7-16(19)4/h9-10,16-17,20H,5-8,11-12H2,1-4H3/p+1. The van der Waals surface area contributed by atoms with E-state index < -0.39 is 0 Å². The third-order valence-electron chi connectivity index (χ3n) is 4.60. The van der Waals surface area contributed by atoms with Gasteiger partial charge in [0.05, 0.1) is 12.6 Å². The number of aliphatic hydroxyl groups is 1. The zero-order chi connectivity index (χ0) is 15.4. The van der Waals surface area contributed by atoms with Crippen molar-refractivity contribution in [3.8, 4) is 5.75 Å². The number of piperidine rings is 1. The molecule has 0 radical (unpaired) electrons. The second kappa shape index (κ2) is 7.28. The molecular weight excluding hydrogens is 262 g/mol. The number of benzene rings is 1. The van der Waals surface area contributed by atoms with Crippen molar-refractivity contribution < 1.29 is 14.7 Å². The number of hydrogen-bond acceptors (Lipinski definition) is 2. The molecule has 3 unspecified atom stereocenters. The highest BCUT2D eigenvalue weighted by atomic mass is 16.5. The molecule has 3 atom stereocenters. The van der Waals surface area contributed by atoms with Gasteiger partial charge in [-0.2, -0.15) is 0 Å². The number of aryl methyl sites for hydroxylation is 3. The largest absolute Gasteiger partial charge is 0.490 e. The van der Waals surface area contributed by atoms with Gasteiger partial charge in [-0.05, 0) is 58.1 Å². The summed E-state index contributed by atoms with van der Waals surface area (Å²) in [5.74, 6) is 0.932. The molecule has 1 aliphatic heterocycles. The maximum Gasteiger partial charge on any atom is 0.137 e. The molecule has 3 nitrogen and oxygen atoms in total. The average molecular weight is 292 g/mol. The van der Waals surface area contributed by atoms with Gasteiger partial charge < -0.3 is 14.7 Å². The maximum absolute atomic E-state index is 10.3. The van der Waals surface area contributed by atoms with Crippen LogP contribution in [-0.4, -0.2) is 36.9 Å². The smallest absolute Gasteiger partial charge is 0.137 e. The number of rotatable bonds is 5. The van der Waals surface area contributed by atoms with E-state index in [1.807, 2.05) is 0 Å². The van der Waals surface area contributed by atoms with E-state index in [0.717, 1.165) is 23.4 Å². The lowest BCUT2D eigenvalue weighted by Gasteiger charge is -2.31. The van der Waals surface area contributed by atoms with Crippen LogP contribution in [0.5, 0.6) is 5.75 Å². The lowest BCUT2D eigenvalue weighted by atomic mass is 10.0. The molecule has 2 rings (SSSR count). The Hall–Kier alpha value is -1.06. The fourth-order valence-corrected chi connectivity index (χ4v) is 3.49. The van der Waals surface area contributed by atoms with Crippen LogP contribution in [0, 0.1) is 20.8 Å². The second-order valence-electron chi connectivity index (χ2n) is 6.70. The minimum atomic E-state index is -0.388. The van der Waals surface area contributed by atoms with Crippen molar-refractivity contribution >= 4 is 0 Å². The van der Waals surface area contributed by atoms with E-state index in [0.29, 0.717) is 12.6 Å². The monoisotopic (exact) mass is 292 g/mol. The van der Waals surface area contributed by atoms with Crippen LogP contribution in [-0.2, 0) is 0 Å². The number of quaternary nitrogens is 1. The van der Waals surface area contributed by atoms with Crippen molar-refractivity contribution in [3.05, 3.63) is 28.8 Å². The van der Waals surface area contributed by atoms with E-state index in [1.165, 1.54) is 36.3 Å². The summed E-state index contributed by atoms with van der Waals surface area (Å²) in [6, 6.07) is 4.93. The second-order valence-corrected chi connectivity index (χ2v) is 6.70. The van der Waals surface area contributed by atoms with Gasteiger partial charge in [0.1, 0.15) is 25.0 Å². The van der Waals surface area contributed by atoms with Gasteiger partial charge in [0, 0.05) is 0 Å². The molecule has 0 bridgehead atoms. The summed E-state index contributed by atoms with van der Waals surface area (Å²) in [6.45, 7) is 10.9. The molecule has 3 heteroatoms. The first-order chi connectivity index (χ1) is 9.97. The Morgan fingerprint density at radius 3 is 2.52 bits per heavy atom. The number of likely N-dealkylation sites (tertiary alicyclic amines) is 1. The molecule has 1 aromatic rings. The summed E-state index contributed by atoms with van der Waals surface area (Å²) < 4.78 is 5.90. The Morgan fingerprint density at radius 1 is 1.24 bits per heavy atom. The third-order valence-corrected chi connectivity index (χ3v) is 4.60. The van der Waals surface area contributed by atoms with Gasteiger partial charge in [-0.3, -0.25) is 0 Å². The van der Waals surface area contributed by atoms with E-state index in [2.05, 4.69) is 39.8 Å². The van der Waals surface area contributed by atoms with Gasteiger partial charge in [-0.15, -0.1) is 0 Å². The van der Waals surface area contributed by atoms with Crippen LogP contribution < -0.4 is 9.64 Å². The number of ether oxygens (including phenoxy) is 1. The number of nitrogens with one attached hydrogen (secondary N) is 1. The summed E-state index contributed by atoms with van der Waals surface area (Å²) in [7, 11) is 0. The highest BCUT2D eigenvalue weighted by Gasteiger charge is 2.24. The molecule has 0 saturated carbocycles. The third kappa shape index (κ3) is 4.45. The van der Waals surface area contributed by atoms with Crippen molar-refractivity contribution in [1.82, 2.24) is 0 Å². The summed E-state index contributed by atoms with van der Waals surface area (Å²) in [5.41, 5.74) is 3.56. The van der Waals surface area contributed by atoms with E-state index in [1.54, 1.807) is 0 Å². The lowest BCUT2D eigenvalue weighted by molar-refractivity contribution is -0.931. The summed E-state index contributed by atoms with van der Waals surface area (Å²) in [6.07, 6.45) is 3.50. The molecule has 1 aliphatic rings. The van der Waals surface area contributed by atoms with Gasteiger partial charge in [0.25, 0.3) is 0 Å². The summed E-state index contributed by atoms with van der Waals surface area (Å²) in [4.78, 5) is 1.52. The van der Waals surface area contributed by atoms with Crippen molar-refractivity contribution in [2.75, 3.05) is 19.7 Å². The first-order valence-corrected chi connectivity index (χ1v) is 8.20. The van der Waals surface area contributed by atoms with Crippen LogP contribution in [0.25, 0.3) is 0 Å². The highest BCUT2D eigenvalue weighted by molar-refractivity contribution is 5.42. The molecule has 1 saturated heterocycles. The molecule has 0 amide bonds. The first kappa shape index (κ1) is 16.3. The number of aliphatic hydroxyl groups excluding tert-OH is 1. The fraction of sp³-hybridized carbons (Fsp3) is 0.667. The molecule has 118 valence electrons. The maximum atomic E-state index is 10.3. The van der Waals surface area contributed by atoms with Crippen LogP contribution in [0.15, 0.2) is 12.1 Å². The first-order valence-electron chi connectivity index (χ1n) is 8.20. The van der Waals surface area contributed by atoms with Crippen LogP contribution in [0.4, 0.5) is 0 Å². The summed E-state index contributed by atoms with van der Waals surface area (Å²) >= 11 is 0. The molecule has 0 aromatic heterocycles. The zero-order valence-electron chi connectivity index (χ0n) is 13.9. The quantitative estimate of drug-likeness (QED) is 0.868. The van der Waals surface area contributed by atoms with Gasteiger partial charge in [0.2, 0.25) is 0 Å². The Balaban J connectivity index is 1.88. The van der Waals surface area contributed by atoms with Crippen molar-refractivity contribution in [1.29, 1.82) is 0 Å². The van der Waals surface area contributed by atoms with Crippen LogP contribution in [0.3, 0.4) is 0 Å².